The van der Waals surface area contributed by atoms with E-state index in [1.807, 2.05) is 42.2 Å². The van der Waals surface area contributed by atoms with Crippen molar-refractivity contribution >= 4 is 23.6 Å². The Kier molecular flexibility index (Phi) is 5.00. The van der Waals surface area contributed by atoms with Gasteiger partial charge in [-0.25, -0.2) is 9.79 Å². The first-order valence-corrected chi connectivity index (χ1v) is 11.3. The molecule has 3 heterocycles. The summed E-state index contributed by atoms with van der Waals surface area (Å²) in [5.41, 5.74) is 6.51. The van der Waals surface area contributed by atoms with E-state index in [0.29, 0.717) is 18.9 Å². The van der Waals surface area contributed by atoms with E-state index in [1.54, 1.807) is 11.9 Å². The molecule has 5 rings (SSSR count). The Morgan fingerprint density at radius 1 is 0.939 bits per heavy atom. The number of aliphatic imine (C=N–C) groups is 1. The average molecular weight is 444 g/mol. The van der Waals surface area contributed by atoms with Gasteiger partial charge < -0.3 is 4.90 Å². The fourth-order valence-corrected chi connectivity index (χ4v) is 5.05. The molecule has 0 saturated carbocycles. The van der Waals surface area contributed by atoms with E-state index in [4.69, 9.17) is 4.99 Å². The van der Waals surface area contributed by atoms with Crippen LogP contribution in [0.2, 0.25) is 0 Å². The van der Waals surface area contributed by atoms with E-state index in [0.717, 1.165) is 28.2 Å². The number of nitrogens with zero attached hydrogens (tertiary/aromatic N) is 5. The number of hydrogen-bond donors (Lipinski definition) is 0. The van der Waals surface area contributed by atoms with Gasteiger partial charge in [0.05, 0.1) is 5.69 Å². The van der Waals surface area contributed by atoms with Crippen LogP contribution in [0, 0.1) is 13.8 Å². The van der Waals surface area contributed by atoms with Gasteiger partial charge in [0.1, 0.15) is 0 Å². The zero-order chi connectivity index (χ0) is 23.4. The molecule has 2 aromatic rings. The van der Waals surface area contributed by atoms with Gasteiger partial charge in [-0.1, -0.05) is 48.0 Å². The summed E-state index contributed by atoms with van der Waals surface area (Å²) in [5, 5.41) is 0. The van der Waals surface area contributed by atoms with Crippen LogP contribution in [-0.4, -0.2) is 58.4 Å². The van der Waals surface area contributed by atoms with E-state index in [1.165, 1.54) is 10.5 Å². The van der Waals surface area contributed by atoms with Crippen molar-refractivity contribution in [1.29, 1.82) is 0 Å². The number of benzene rings is 2. The molecule has 0 aromatic heterocycles. The summed E-state index contributed by atoms with van der Waals surface area (Å²) < 4.78 is 0. The molecule has 3 aliphatic rings. The lowest BCUT2D eigenvalue weighted by molar-refractivity contribution is -0.136. The lowest BCUT2D eigenvalue weighted by atomic mass is 10.1. The molecule has 1 saturated heterocycles. The fraction of sp³-hybridized carbons (Fsp3) is 0.346. The quantitative estimate of drug-likeness (QED) is 0.720. The van der Waals surface area contributed by atoms with E-state index in [2.05, 4.69) is 43.9 Å². The lowest BCUT2D eigenvalue weighted by Crippen LogP contribution is -2.64. The first kappa shape index (κ1) is 21.2. The van der Waals surface area contributed by atoms with Gasteiger partial charge in [-0.3, -0.25) is 19.5 Å². The second kappa shape index (κ2) is 7.76. The first-order chi connectivity index (χ1) is 15.8. The molecule has 1 fully saturated rings. The van der Waals surface area contributed by atoms with Gasteiger partial charge in [0.2, 0.25) is 5.96 Å². The smallest absolute Gasteiger partial charge is 0.302 e. The molecule has 0 bridgehead atoms. The van der Waals surface area contributed by atoms with Gasteiger partial charge in [0, 0.05) is 25.0 Å². The number of carbonyl (C=O) groups is 2. The minimum atomic E-state index is -0.552. The molecule has 7 heteroatoms. The highest BCUT2D eigenvalue weighted by Crippen LogP contribution is 2.40. The van der Waals surface area contributed by atoms with E-state index in [9.17, 15) is 9.59 Å². The van der Waals surface area contributed by atoms with Gasteiger partial charge in [0.15, 0.2) is 12.2 Å². The fourth-order valence-electron chi connectivity index (χ4n) is 5.05. The molecule has 3 aliphatic heterocycles. The topological polar surface area (TPSA) is 59.5 Å². The Bertz CT molecular complexity index is 1200. The maximum Gasteiger partial charge on any atom is 0.328 e. The normalized spacial score (nSPS) is 22.3. The summed E-state index contributed by atoms with van der Waals surface area (Å²) in [4.78, 5) is 38.8. The maximum absolute atomic E-state index is 13.7. The maximum atomic E-state index is 13.7. The molecule has 33 heavy (non-hydrogen) atoms. The number of rotatable bonds is 4. The second-order valence-corrected chi connectivity index (χ2v) is 9.07. The third-order valence-electron chi connectivity index (χ3n) is 6.95. The molecule has 0 aliphatic carbocycles. The number of fused-ring (bicyclic) bond motifs is 3. The van der Waals surface area contributed by atoms with E-state index in [-0.39, 0.29) is 11.9 Å². The molecule has 0 spiro atoms. The summed E-state index contributed by atoms with van der Waals surface area (Å²) >= 11 is 0. The molecule has 2 atom stereocenters. The Morgan fingerprint density at radius 2 is 1.67 bits per heavy atom. The van der Waals surface area contributed by atoms with Crippen molar-refractivity contribution in [1.82, 2.24) is 14.7 Å². The molecule has 2 unspecified atom stereocenters. The third kappa shape index (κ3) is 3.22. The van der Waals surface area contributed by atoms with Gasteiger partial charge in [-0.2, -0.15) is 0 Å². The van der Waals surface area contributed by atoms with Crippen molar-refractivity contribution in [3.05, 3.63) is 76.6 Å². The Labute approximate surface area is 194 Å². The van der Waals surface area contributed by atoms with Crippen LogP contribution >= 0.6 is 0 Å². The van der Waals surface area contributed by atoms with Crippen molar-refractivity contribution < 1.29 is 9.59 Å². The van der Waals surface area contributed by atoms with Crippen LogP contribution in [0.25, 0.3) is 0 Å². The van der Waals surface area contributed by atoms with Gasteiger partial charge in [-0.15, -0.1) is 0 Å². The van der Waals surface area contributed by atoms with Gasteiger partial charge >= 0.3 is 6.03 Å². The minimum Gasteiger partial charge on any atom is -0.302 e. The number of imide groups is 1. The second-order valence-electron chi connectivity index (χ2n) is 9.07. The summed E-state index contributed by atoms with van der Waals surface area (Å²) in [5.74, 6) is 0.525. The number of amides is 3. The largest absolute Gasteiger partial charge is 0.328 e. The number of guanidine groups is 1. The van der Waals surface area contributed by atoms with Crippen molar-refractivity contribution in [3.8, 4) is 0 Å². The zero-order valence-corrected chi connectivity index (χ0v) is 19.7. The Morgan fingerprint density at radius 3 is 2.36 bits per heavy atom. The number of anilines is 1. The van der Waals surface area contributed by atoms with E-state index < -0.39 is 12.2 Å². The summed E-state index contributed by atoms with van der Waals surface area (Å²) in [6, 6.07) is 15.4. The van der Waals surface area contributed by atoms with Crippen LogP contribution in [-0.2, 0) is 11.2 Å². The number of hydrogen-bond acceptors (Lipinski definition) is 5. The highest BCUT2D eigenvalue weighted by atomic mass is 16.2. The summed E-state index contributed by atoms with van der Waals surface area (Å²) in [6.07, 6.45) is 0.0871. The summed E-state index contributed by atoms with van der Waals surface area (Å²) in [6.45, 7) is 8.59. The number of carbonyl (C=O) groups excluding carboxylic acids is 2. The molecule has 0 radical (unpaired) electrons. The zero-order valence-electron chi connectivity index (χ0n) is 19.7. The third-order valence-corrected chi connectivity index (χ3v) is 6.95. The van der Waals surface area contributed by atoms with Crippen molar-refractivity contribution in [3.63, 3.8) is 0 Å². The summed E-state index contributed by atoms with van der Waals surface area (Å²) in [7, 11) is 1.74. The first-order valence-electron chi connectivity index (χ1n) is 11.3. The molecule has 3 amide bonds. The predicted molar refractivity (Wildman–Crippen MR) is 129 cm³/mol. The lowest BCUT2D eigenvalue weighted by Gasteiger charge is -2.40. The molecular formula is C26H29N5O2. The van der Waals surface area contributed by atoms with E-state index >= 15 is 0 Å². The molecule has 7 nitrogen and oxygen atoms in total. The predicted octanol–water partition coefficient (Wildman–Crippen LogP) is 3.88. The van der Waals surface area contributed by atoms with Crippen molar-refractivity contribution in [2.45, 2.75) is 46.3 Å². The van der Waals surface area contributed by atoms with Crippen LogP contribution < -0.4 is 4.90 Å². The number of urea groups is 1. The number of aryl methyl sites for hydroxylation is 2. The molecular weight excluding hydrogens is 414 g/mol. The van der Waals surface area contributed by atoms with Gasteiger partial charge in [0.25, 0.3) is 5.91 Å². The highest BCUT2D eigenvalue weighted by Gasteiger charge is 2.55. The standard InChI is InChI=1S/C26H29N5O2/c1-16-11-12-21(17(2)15-16)30-18(3)19(4)31-22-23(27-25(30)31)28(5)26(33)29(24(22)32)14-13-20-9-7-6-8-10-20/h6-12,15,22-23H,13-14H2,1-5H3. The highest BCUT2D eigenvalue weighted by molar-refractivity contribution is 6.10. The van der Waals surface area contributed by atoms with Gasteiger partial charge in [-0.05, 0) is 51.3 Å². The molecule has 2 aromatic carbocycles. The number of likely N-dealkylation sites (N-methyl/N-ethyl adjacent to an activating group) is 1. The Hall–Kier alpha value is -3.61. The number of allylic oxidation sites excluding steroid dienone is 2. The van der Waals surface area contributed by atoms with Crippen LogP contribution in [0.1, 0.15) is 30.5 Å². The van der Waals surface area contributed by atoms with Crippen LogP contribution in [0.3, 0.4) is 0 Å². The Balaban J connectivity index is 1.48. The molecule has 170 valence electrons. The van der Waals surface area contributed by atoms with Crippen LogP contribution in [0.15, 0.2) is 64.9 Å². The monoisotopic (exact) mass is 443 g/mol. The van der Waals surface area contributed by atoms with Crippen LogP contribution in [0.5, 0.6) is 0 Å². The van der Waals surface area contributed by atoms with Crippen molar-refractivity contribution in [2.24, 2.45) is 4.99 Å². The SMILES string of the molecule is CC1=C(C)N2C(=NC3C2C(=O)N(CCc2ccccc2)C(=O)N3C)N1c1ccc(C)cc1C. The average Bonchev–Trinajstić information content (AvgIpc) is 3.29. The van der Waals surface area contributed by atoms with Crippen LogP contribution in [0.4, 0.5) is 10.5 Å². The minimum absolute atomic E-state index is 0.188. The van der Waals surface area contributed by atoms with Crippen molar-refractivity contribution in [2.75, 3.05) is 18.5 Å². The molecule has 0 N–H and O–H groups in total.